The van der Waals surface area contributed by atoms with Gasteiger partial charge in [0.25, 0.3) is 0 Å². The second-order valence-corrected chi connectivity index (χ2v) is 7.53. The molecule has 0 saturated carbocycles. The van der Waals surface area contributed by atoms with E-state index in [0.29, 0.717) is 5.41 Å². The van der Waals surface area contributed by atoms with Crippen molar-refractivity contribution in [1.82, 2.24) is 15.1 Å². The molecule has 2 heterocycles. The fraction of sp³-hybridized carbons (Fsp3) is 0.650. The lowest BCUT2D eigenvalue weighted by atomic mass is 9.87. The van der Waals surface area contributed by atoms with Gasteiger partial charge in [0.2, 0.25) is 0 Å². The van der Waals surface area contributed by atoms with Gasteiger partial charge >= 0.3 is 0 Å². The summed E-state index contributed by atoms with van der Waals surface area (Å²) in [6, 6.07) is 8.84. The molecule has 1 aromatic carbocycles. The second-order valence-electron chi connectivity index (χ2n) is 7.53. The van der Waals surface area contributed by atoms with E-state index in [4.69, 9.17) is 4.74 Å². The van der Waals surface area contributed by atoms with E-state index in [2.05, 4.69) is 58.3 Å². The average Bonchev–Trinajstić information content (AvgIpc) is 3.26. The maximum Gasteiger partial charge on any atom is 0.193 e. The van der Waals surface area contributed by atoms with Crippen molar-refractivity contribution in [1.29, 1.82) is 0 Å². The summed E-state index contributed by atoms with van der Waals surface area (Å²) in [4.78, 5) is 9.22. The molecule has 0 bridgehead atoms. The number of halogens is 1. The zero-order chi connectivity index (χ0) is 17.7. The maximum atomic E-state index is 5.64. The minimum absolute atomic E-state index is 0. The Morgan fingerprint density at radius 2 is 2.15 bits per heavy atom. The molecule has 2 aliphatic heterocycles. The minimum atomic E-state index is 0. The van der Waals surface area contributed by atoms with Crippen molar-refractivity contribution in [2.24, 2.45) is 10.4 Å². The Morgan fingerprint density at radius 1 is 1.35 bits per heavy atom. The van der Waals surface area contributed by atoms with E-state index < -0.39 is 0 Å². The van der Waals surface area contributed by atoms with Gasteiger partial charge < -0.3 is 19.9 Å². The number of ether oxygens (including phenoxy) is 1. The lowest BCUT2D eigenvalue weighted by Crippen LogP contribution is -2.41. The number of rotatable bonds is 5. The van der Waals surface area contributed by atoms with Crippen LogP contribution in [0.1, 0.15) is 30.9 Å². The molecule has 3 rings (SSSR count). The molecule has 26 heavy (non-hydrogen) atoms. The van der Waals surface area contributed by atoms with Gasteiger partial charge in [0.1, 0.15) is 0 Å². The molecule has 2 saturated heterocycles. The molecule has 5 nitrogen and oxygen atoms in total. The molecule has 1 atom stereocenters. The first-order chi connectivity index (χ1) is 12.1. The Balaban J connectivity index is 0.00000243. The Bertz CT molecular complexity index is 601. The molecule has 1 N–H and O–H groups in total. The predicted octanol–water partition coefficient (Wildman–Crippen LogP) is 2.94. The van der Waals surface area contributed by atoms with Crippen LogP contribution in [-0.4, -0.2) is 62.7 Å². The van der Waals surface area contributed by atoms with Crippen molar-refractivity contribution in [3.05, 3.63) is 35.4 Å². The van der Waals surface area contributed by atoms with Crippen molar-refractivity contribution >= 4 is 29.9 Å². The van der Waals surface area contributed by atoms with Gasteiger partial charge in [-0.3, -0.25) is 4.99 Å². The van der Waals surface area contributed by atoms with Crippen LogP contribution in [0.2, 0.25) is 0 Å². The number of likely N-dealkylation sites (tertiary alicyclic amines) is 1. The zero-order valence-electron chi connectivity index (χ0n) is 16.3. The third-order valence-electron chi connectivity index (χ3n) is 5.57. The van der Waals surface area contributed by atoms with Gasteiger partial charge in [-0.1, -0.05) is 31.2 Å². The van der Waals surface area contributed by atoms with E-state index in [1.807, 2.05) is 7.05 Å². The number of nitrogens with one attached hydrogen (secondary N) is 1. The minimum Gasteiger partial charge on any atom is -0.381 e. The van der Waals surface area contributed by atoms with Gasteiger partial charge in [0.15, 0.2) is 5.96 Å². The van der Waals surface area contributed by atoms with Crippen molar-refractivity contribution < 1.29 is 4.74 Å². The van der Waals surface area contributed by atoms with Gasteiger partial charge in [-0.25, -0.2) is 0 Å². The molecule has 6 heteroatoms. The number of hydrogen-bond donors (Lipinski definition) is 1. The Hall–Kier alpha value is -0.860. The average molecular weight is 472 g/mol. The smallest absolute Gasteiger partial charge is 0.193 e. The summed E-state index contributed by atoms with van der Waals surface area (Å²) >= 11 is 0. The number of guanidine groups is 1. The maximum absolute atomic E-state index is 5.64. The quantitative estimate of drug-likeness (QED) is 0.407. The number of benzene rings is 1. The number of hydrogen-bond acceptors (Lipinski definition) is 3. The molecule has 146 valence electrons. The summed E-state index contributed by atoms with van der Waals surface area (Å²) < 4.78 is 5.64. The lowest BCUT2D eigenvalue weighted by Gasteiger charge is -2.25. The fourth-order valence-corrected chi connectivity index (χ4v) is 3.86. The third-order valence-corrected chi connectivity index (χ3v) is 5.57. The standard InChI is InChI=1S/C20H32N4O.HI/c1-4-23(3)14-18-7-5-6-17(12-18)13-22-19(21-2)24-10-8-20(15-24)9-11-25-16-20;/h5-7,12H,4,8-11,13-16H2,1-3H3,(H,21,22);1H. The molecule has 2 aliphatic rings. The van der Waals surface area contributed by atoms with E-state index >= 15 is 0 Å². The van der Waals surface area contributed by atoms with Crippen LogP contribution in [0.3, 0.4) is 0 Å². The van der Waals surface area contributed by atoms with Crippen molar-refractivity contribution in [3.8, 4) is 0 Å². The Kier molecular flexibility index (Phi) is 8.16. The van der Waals surface area contributed by atoms with Crippen molar-refractivity contribution in [2.75, 3.05) is 46.9 Å². The molecular weight excluding hydrogens is 439 g/mol. The van der Waals surface area contributed by atoms with E-state index in [0.717, 1.165) is 51.9 Å². The van der Waals surface area contributed by atoms with Gasteiger partial charge in [0.05, 0.1) is 6.61 Å². The molecule has 1 aromatic rings. The molecule has 0 aromatic heterocycles. The third kappa shape index (κ3) is 5.33. The largest absolute Gasteiger partial charge is 0.381 e. The molecule has 1 unspecified atom stereocenters. The summed E-state index contributed by atoms with van der Waals surface area (Å²) in [7, 11) is 4.04. The fourth-order valence-electron chi connectivity index (χ4n) is 3.86. The predicted molar refractivity (Wildman–Crippen MR) is 118 cm³/mol. The van der Waals surface area contributed by atoms with Crippen molar-refractivity contribution in [3.63, 3.8) is 0 Å². The first kappa shape index (κ1) is 21.4. The normalized spacial score (nSPS) is 22.9. The molecular formula is C20H33IN4O. The van der Waals surface area contributed by atoms with E-state index in [1.165, 1.54) is 24.0 Å². The summed E-state index contributed by atoms with van der Waals surface area (Å²) in [5, 5.41) is 3.55. The highest BCUT2D eigenvalue weighted by Gasteiger charge is 2.42. The molecule has 0 amide bonds. The van der Waals surface area contributed by atoms with Crippen LogP contribution in [0, 0.1) is 5.41 Å². The summed E-state index contributed by atoms with van der Waals surface area (Å²) in [6.45, 7) is 9.03. The highest BCUT2D eigenvalue weighted by Crippen LogP contribution is 2.38. The second kappa shape index (κ2) is 9.90. The zero-order valence-corrected chi connectivity index (χ0v) is 18.7. The van der Waals surface area contributed by atoms with Crippen molar-refractivity contribution in [2.45, 2.75) is 32.9 Å². The van der Waals surface area contributed by atoms with Crippen LogP contribution in [0.4, 0.5) is 0 Å². The Labute approximate surface area is 175 Å². The van der Waals surface area contributed by atoms with Crippen LogP contribution >= 0.6 is 24.0 Å². The monoisotopic (exact) mass is 472 g/mol. The topological polar surface area (TPSA) is 40.1 Å². The number of nitrogens with zero attached hydrogens (tertiary/aromatic N) is 3. The lowest BCUT2D eigenvalue weighted by molar-refractivity contribution is 0.156. The van der Waals surface area contributed by atoms with E-state index in [1.54, 1.807) is 0 Å². The number of aliphatic imine (C=N–C) groups is 1. The summed E-state index contributed by atoms with van der Waals surface area (Å²) in [6.07, 6.45) is 2.40. The summed E-state index contributed by atoms with van der Waals surface area (Å²) in [5.74, 6) is 1.01. The highest BCUT2D eigenvalue weighted by atomic mass is 127. The van der Waals surface area contributed by atoms with Gasteiger partial charge in [-0.15, -0.1) is 24.0 Å². The van der Waals surface area contributed by atoms with Crippen LogP contribution in [-0.2, 0) is 17.8 Å². The highest BCUT2D eigenvalue weighted by molar-refractivity contribution is 14.0. The Morgan fingerprint density at radius 3 is 2.85 bits per heavy atom. The van der Waals surface area contributed by atoms with Crippen LogP contribution in [0.15, 0.2) is 29.3 Å². The van der Waals surface area contributed by atoms with Crippen LogP contribution in [0.25, 0.3) is 0 Å². The van der Waals surface area contributed by atoms with E-state index in [-0.39, 0.29) is 24.0 Å². The molecule has 2 fully saturated rings. The first-order valence-electron chi connectivity index (χ1n) is 9.44. The molecule has 0 radical (unpaired) electrons. The van der Waals surface area contributed by atoms with Gasteiger partial charge in [0, 0.05) is 45.2 Å². The van der Waals surface area contributed by atoms with Crippen LogP contribution < -0.4 is 5.32 Å². The van der Waals surface area contributed by atoms with E-state index in [9.17, 15) is 0 Å². The summed E-state index contributed by atoms with van der Waals surface area (Å²) in [5.41, 5.74) is 3.03. The van der Waals surface area contributed by atoms with Crippen LogP contribution in [0.5, 0.6) is 0 Å². The molecule has 1 spiro atoms. The SMILES string of the molecule is CCN(C)Cc1cccc(CNC(=NC)N2CCC3(CCOC3)C2)c1.I. The van der Waals surface area contributed by atoms with Gasteiger partial charge in [-0.05, 0) is 37.6 Å². The molecule has 0 aliphatic carbocycles. The van der Waals surface area contributed by atoms with Gasteiger partial charge in [-0.2, -0.15) is 0 Å². The first-order valence-corrected chi connectivity index (χ1v) is 9.44.